The molecular formula is C16H18BrNO2S. The Kier molecular flexibility index (Phi) is 3.84. The maximum atomic E-state index is 10.4. The summed E-state index contributed by atoms with van der Waals surface area (Å²) in [6.45, 7) is 6.46. The summed E-state index contributed by atoms with van der Waals surface area (Å²) in [6.07, 6.45) is -0.159. The molecule has 1 N–H and O–H groups in total. The van der Waals surface area contributed by atoms with Crippen LogP contribution < -0.4 is 4.74 Å². The number of halogens is 1. The van der Waals surface area contributed by atoms with E-state index < -0.39 is 6.10 Å². The van der Waals surface area contributed by atoms with Crippen LogP contribution in [-0.2, 0) is 5.41 Å². The number of hydrogen-bond donors (Lipinski definition) is 1. The third-order valence-corrected chi connectivity index (χ3v) is 5.31. The fourth-order valence-corrected chi connectivity index (χ4v) is 3.71. The van der Waals surface area contributed by atoms with Crippen LogP contribution in [0.15, 0.2) is 28.1 Å². The van der Waals surface area contributed by atoms with E-state index in [0.717, 1.165) is 26.5 Å². The van der Waals surface area contributed by atoms with Gasteiger partial charge in [0.2, 0.25) is 0 Å². The molecular weight excluding hydrogens is 350 g/mol. The lowest BCUT2D eigenvalue weighted by molar-refractivity contribution is 0.0638. The molecule has 0 radical (unpaired) electrons. The third-order valence-electron chi connectivity index (χ3n) is 3.53. The maximum Gasteiger partial charge on any atom is 0.144 e. The van der Waals surface area contributed by atoms with E-state index in [2.05, 4.69) is 36.7 Å². The standard InChI is InChI=1S/C16H18BrNO2S/c1-16(2,3)15-18-11(8-21-15)14-7-12(19)10-6-9(17)4-5-13(10)20-14/h4-6,8,12,14,19H,7H2,1-3H3. The van der Waals surface area contributed by atoms with Crippen molar-refractivity contribution in [1.29, 1.82) is 0 Å². The van der Waals surface area contributed by atoms with Crippen molar-refractivity contribution < 1.29 is 9.84 Å². The van der Waals surface area contributed by atoms with Gasteiger partial charge in [0.1, 0.15) is 11.9 Å². The first kappa shape index (κ1) is 15.0. The number of aliphatic hydroxyl groups is 1. The zero-order valence-corrected chi connectivity index (χ0v) is 14.7. The van der Waals surface area contributed by atoms with Gasteiger partial charge in [-0.2, -0.15) is 0 Å². The van der Waals surface area contributed by atoms with Crippen LogP contribution in [0.5, 0.6) is 5.75 Å². The predicted octanol–water partition coefficient (Wildman–Crippen LogP) is 4.76. The Morgan fingerprint density at radius 3 is 2.81 bits per heavy atom. The molecule has 0 saturated heterocycles. The van der Waals surface area contributed by atoms with Crippen molar-refractivity contribution in [3.8, 4) is 5.75 Å². The smallest absolute Gasteiger partial charge is 0.144 e. The highest BCUT2D eigenvalue weighted by Crippen LogP contribution is 2.42. The van der Waals surface area contributed by atoms with Gasteiger partial charge in [-0.25, -0.2) is 4.98 Å². The van der Waals surface area contributed by atoms with E-state index in [9.17, 15) is 5.11 Å². The average Bonchev–Trinajstić information content (AvgIpc) is 2.89. The first-order chi connectivity index (χ1) is 9.84. The second-order valence-electron chi connectivity index (χ2n) is 6.37. The molecule has 0 aliphatic carbocycles. The molecule has 2 heterocycles. The molecule has 0 spiro atoms. The van der Waals surface area contributed by atoms with Crippen molar-refractivity contribution in [2.75, 3.05) is 0 Å². The third kappa shape index (κ3) is 3.00. The first-order valence-electron chi connectivity index (χ1n) is 6.94. The molecule has 0 amide bonds. The number of thiazole rings is 1. The fraction of sp³-hybridized carbons (Fsp3) is 0.438. The van der Waals surface area contributed by atoms with Gasteiger partial charge in [-0.15, -0.1) is 11.3 Å². The second kappa shape index (κ2) is 5.38. The Balaban J connectivity index is 1.89. The summed E-state index contributed by atoms with van der Waals surface area (Å²) in [5.41, 5.74) is 1.79. The SMILES string of the molecule is CC(C)(C)c1nc(C2CC(O)c3cc(Br)ccc3O2)cs1. The molecule has 3 nitrogen and oxygen atoms in total. The Hall–Kier alpha value is -0.910. The normalized spacial score (nSPS) is 21.8. The highest BCUT2D eigenvalue weighted by atomic mass is 79.9. The zero-order valence-electron chi connectivity index (χ0n) is 12.3. The van der Waals surface area contributed by atoms with Gasteiger partial charge in [0.15, 0.2) is 0 Å². The van der Waals surface area contributed by atoms with Gasteiger partial charge in [0, 0.05) is 27.3 Å². The van der Waals surface area contributed by atoms with Gasteiger partial charge in [0.25, 0.3) is 0 Å². The zero-order chi connectivity index (χ0) is 15.2. The van der Waals surface area contributed by atoms with E-state index in [-0.39, 0.29) is 11.5 Å². The Bertz CT molecular complexity index is 663. The molecule has 1 aliphatic rings. The van der Waals surface area contributed by atoms with E-state index in [0.29, 0.717) is 6.42 Å². The van der Waals surface area contributed by atoms with Crippen LogP contribution in [0.1, 0.15) is 55.7 Å². The molecule has 2 atom stereocenters. The summed E-state index contributed by atoms with van der Waals surface area (Å²) in [6, 6.07) is 5.74. The van der Waals surface area contributed by atoms with Crippen LogP contribution in [0.25, 0.3) is 0 Å². The number of rotatable bonds is 1. The van der Waals surface area contributed by atoms with Gasteiger partial charge in [-0.05, 0) is 18.2 Å². The molecule has 5 heteroatoms. The summed E-state index contributed by atoms with van der Waals surface area (Å²) in [5, 5.41) is 13.5. The molecule has 2 unspecified atom stereocenters. The van der Waals surface area contributed by atoms with Crippen molar-refractivity contribution >= 4 is 27.3 Å². The number of fused-ring (bicyclic) bond motifs is 1. The molecule has 1 aromatic heterocycles. The first-order valence-corrected chi connectivity index (χ1v) is 8.62. The molecule has 1 aromatic carbocycles. The van der Waals surface area contributed by atoms with Crippen molar-refractivity contribution in [2.45, 2.75) is 44.8 Å². The van der Waals surface area contributed by atoms with Crippen molar-refractivity contribution in [1.82, 2.24) is 4.98 Å². The molecule has 2 aromatic rings. The number of benzene rings is 1. The Morgan fingerprint density at radius 1 is 1.38 bits per heavy atom. The van der Waals surface area contributed by atoms with E-state index in [1.807, 2.05) is 23.6 Å². The van der Waals surface area contributed by atoms with E-state index in [4.69, 9.17) is 9.72 Å². The molecule has 1 aliphatic heterocycles. The molecule has 21 heavy (non-hydrogen) atoms. The minimum Gasteiger partial charge on any atom is -0.484 e. The van der Waals surface area contributed by atoms with Gasteiger partial charge < -0.3 is 9.84 Å². The van der Waals surface area contributed by atoms with Crippen molar-refractivity contribution in [2.24, 2.45) is 0 Å². The van der Waals surface area contributed by atoms with E-state index in [1.54, 1.807) is 11.3 Å². The lowest BCUT2D eigenvalue weighted by Gasteiger charge is -2.29. The lowest BCUT2D eigenvalue weighted by atomic mass is 9.97. The summed E-state index contributed by atoms with van der Waals surface area (Å²) in [7, 11) is 0. The molecule has 0 bridgehead atoms. The number of nitrogens with zero attached hydrogens (tertiary/aromatic N) is 1. The minimum atomic E-state index is -0.518. The summed E-state index contributed by atoms with van der Waals surface area (Å²) >= 11 is 5.08. The predicted molar refractivity (Wildman–Crippen MR) is 87.9 cm³/mol. The maximum absolute atomic E-state index is 10.4. The molecule has 3 rings (SSSR count). The van der Waals surface area contributed by atoms with Crippen molar-refractivity contribution in [3.63, 3.8) is 0 Å². The van der Waals surface area contributed by atoms with Crippen LogP contribution in [-0.4, -0.2) is 10.1 Å². The lowest BCUT2D eigenvalue weighted by Crippen LogP contribution is -2.20. The Labute approximate surface area is 137 Å². The number of aliphatic hydroxyl groups excluding tert-OH is 1. The summed E-state index contributed by atoms with van der Waals surface area (Å²) < 4.78 is 6.98. The highest BCUT2D eigenvalue weighted by Gasteiger charge is 2.30. The van der Waals surface area contributed by atoms with E-state index in [1.165, 1.54) is 0 Å². The monoisotopic (exact) mass is 367 g/mol. The van der Waals surface area contributed by atoms with Crippen LogP contribution >= 0.6 is 27.3 Å². The quantitative estimate of drug-likeness (QED) is 0.789. The van der Waals surface area contributed by atoms with Gasteiger partial charge in [-0.1, -0.05) is 36.7 Å². The van der Waals surface area contributed by atoms with E-state index >= 15 is 0 Å². The van der Waals surface area contributed by atoms with Crippen LogP contribution in [0.4, 0.5) is 0 Å². The minimum absolute atomic E-state index is 0.0406. The number of ether oxygens (including phenoxy) is 1. The largest absolute Gasteiger partial charge is 0.484 e. The topological polar surface area (TPSA) is 42.4 Å². The van der Waals surface area contributed by atoms with Crippen LogP contribution in [0.3, 0.4) is 0 Å². The van der Waals surface area contributed by atoms with Crippen LogP contribution in [0, 0.1) is 0 Å². The number of hydrogen-bond acceptors (Lipinski definition) is 4. The molecule has 0 saturated carbocycles. The van der Waals surface area contributed by atoms with Crippen molar-refractivity contribution in [3.05, 3.63) is 44.3 Å². The molecule has 112 valence electrons. The second-order valence-corrected chi connectivity index (χ2v) is 8.14. The van der Waals surface area contributed by atoms with Crippen LogP contribution in [0.2, 0.25) is 0 Å². The highest BCUT2D eigenvalue weighted by molar-refractivity contribution is 9.10. The summed E-state index contributed by atoms with van der Waals surface area (Å²) in [5.74, 6) is 0.743. The number of aromatic nitrogens is 1. The van der Waals surface area contributed by atoms with Gasteiger partial charge >= 0.3 is 0 Å². The Morgan fingerprint density at radius 2 is 2.14 bits per heavy atom. The molecule has 0 fully saturated rings. The average molecular weight is 368 g/mol. The summed E-state index contributed by atoms with van der Waals surface area (Å²) in [4.78, 5) is 4.70. The fourth-order valence-electron chi connectivity index (χ4n) is 2.38. The van der Waals surface area contributed by atoms with Gasteiger partial charge in [0.05, 0.1) is 16.8 Å². The van der Waals surface area contributed by atoms with Gasteiger partial charge in [-0.3, -0.25) is 0 Å².